The fourth-order valence-electron chi connectivity index (χ4n) is 10.6. The van der Waals surface area contributed by atoms with Crippen LogP contribution in [0.3, 0.4) is 0 Å². The van der Waals surface area contributed by atoms with E-state index in [0.29, 0.717) is 25.7 Å². The van der Waals surface area contributed by atoms with E-state index in [1.165, 1.54) is 167 Å². The third-order valence-electron chi connectivity index (χ3n) is 16.6. The number of phosphoric ester groups is 2. The van der Waals surface area contributed by atoms with Crippen molar-refractivity contribution in [3.8, 4) is 0 Å². The number of aliphatic hydroxyl groups is 1. The molecule has 3 N–H and O–H groups in total. The molecule has 0 fully saturated rings. The Balaban J connectivity index is 5.23. The van der Waals surface area contributed by atoms with E-state index in [2.05, 4.69) is 41.5 Å². The molecule has 0 rings (SSSR count). The number of esters is 4. The van der Waals surface area contributed by atoms with Gasteiger partial charge in [0.25, 0.3) is 0 Å². The highest BCUT2D eigenvalue weighted by molar-refractivity contribution is 7.47. The molecular formula is C70H136O17P2. The summed E-state index contributed by atoms with van der Waals surface area (Å²) < 4.78 is 68.2. The molecular weight excluding hydrogens is 1170 g/mol. The molecule has 0 aromatic rings. The van der Waals surface area contributed by atoms with Crippen molar-refractivity contribution in [3.05, 3.63) is 0 Å². The lowest BCUT2D eigenvalue weighted by atomic mass is 9.99. The Morgan fingerprint density at radius 2 is 0.573 bits per heavy atom. The van der Waals surface area contributed by atoms with Gasteiger partial charge in [0.1, 0.15) is 19.3 Å². The van der Waals surface area contributed by atoms with Crippen LogP contribution >= 0.6 is 15.6 Å². The maximum atomic E-state index is 13.0. The fourth-order valence-corrected chi connectivity index (χ4v) is 12.1. The SMILES string of the molecule is CCCCCCCCCCCCCCCCCC(=O)O[C@H](COC(=O)CCCCCCCCCCCCCC(C)C)COP(=O)(O)OC[C@@H](O)COP(=O)(O)OC[C@@H](COC(=O)CCCCCCCCCC)OC(=O)CCCCCCCCCCC(C)CC. The number of unbranched alkanes of at least 4 members (excludes halogenated alkanes) is 38. The molecule has 0 aliphatic heterocycles. The van der Waals surface area contributed by atoms with E-state index >= 15 is 0 Å². The second kappa shape index (κ2) is 62.2. The normalized spacial score (nSPS) is 14.4. The van der Waals surface area contributed by atoms with Crippen molar-refractivity contribution < 1.29 is 80.2 Å². The molecule has 0 spiro atoms. The summed E-state index contributed by atoms with van der Waals surface area (Å²) in [5.74, 6) is -0.585. The molecule has 19 heteroatoms. The molecule has 0 heterocycles. The molecule has 17 nitrogen and oxygen atoms in total. The molecule has 89 heavy (non-hydrogen) atoms. The molecule has 528 valence electrons. The lowest BCUT2D eigenvalue weighted by Gasteiger charge is -2.21. The second-order valence-electron chi connectivity index (χ2n) is 26.0. The van der Waals surface area contributed by atoms with Crippen molar-refractivity contribution in [1.29, 1.82) is 0 Å². The number of hydrogen-bond acceptors (Lipinski definition) is 15. The molecule has 0 saturated carbocycles. The van der Waals surface area contributed by atoms with Gasteiger partial charge in [-0.1, -0.05) is 305 Å². The summed E-state index contributed by atoms with van der Waals surface area (Å²) in [6.45, 7) is 9.53. The van der Waals surface area contributed by atoms with Gasteiger partial charge in [-0.15, -0.1) is 0 Å². The lowest BCUT2D eigenvalue weighted by Crippen LogP contribution is -2.30. The van der Waals surface area contributed by atoms with Crippen molar-refractivity contribution in [1.82, 2.24) is 0 Å². The van der Waals surface area contributed by atoms with Gasteiger partial charge in [0.15, 0.2) is 12.2 Å². The Bertz CT molecular complexity index is 1740. The minimum Gasteiger partial charge on any atom is -0.462 e. The minimum atomic E-state index is -4.95. The van der Waals surface area contributed by atoms with Gasteiger partial charge in [-0.05, 0) is 37.5 Å². The largest absolute Gasteiger partial charge is 0.472 e. The average molecular weight is 1310 g/mol. The summed E-state index contributed by atoms with van der Waals surface area (Å²) in [6, 6.07) is 0. The highest BCUT2D eigenvalue weighted by Crippen LogP contribution is 2.45. The van der Waals surface area contributed by atoms with Gasteiger partial charge in [-0.2, -0.15) is 0 Å². The number of carbonyl (C=O) groups excluding carboxylic acids is 4. The van der Waals surface area contributed by atoms with Crippen molar-refractivity contribution in [2.24, 2.45) is 11.8 Å². The van der Waals surface area contributed by atoms with Gasteiger partial charge in [0, 0.05) is 25.7 Å². The summed E-state index contributed by atoms with van der Waals surface area (Å²) in [4.78, 5) is 72.5. The summed E-state index contributed by atoms with van der Waals surface area (Å²) in [5, 5.41) is 10.6. The van der Waals surface area contributed by atoms with Gasteiger partial charge in [0.2, 0.25) is 0 Å². The predicted molar refractivity (Wildman–Crippen MR) is 358 cm³/mol. The van der Waals surface area contributed by atoms with Crippen LogP contribution in [-0.2, 0) is 65.4 Å². The topological polar surface area (TPSA) is 237 Å². The lowest BCUT2D eigenvalue weighted by molar-refractivity contribution is -0.161. The fraction of sp³-hybridized carbons (Fsp3) is 0.943. The Morgan fingerprint density at radius 3 is 0.854 bits per heavy atom. The van der Waals surface area contributed by atoms with E-state index in [1.54, 1.807) is 0 Å². The molecule has 3 unspecified atom stereocenters. The molecule has 6 atom stereocenters. The molecule has 0 aliphatic rings. The van der Waals surface area contributed by atoms with Crippen LogP contribution in [0.25, 0.3) is 0 Å². The first-order valence-electron chi connectivity index (χ1n) is 36.5. The third-order valence-corrected chi connectivity index (χ3v) is 18.5. The van der Waals surface area contributed by atoms with Crippen LogP contribution in [0.4, 0.5) is 0 Å². The molecule has 0 saturated heterocycles. The van der Waals surface area contributed by atoms with E-state index < -0.39 is 97.5 Å². The highest BCUT2D eigenvalue weighted by atomic mass is 31.2. The van der Waals surface area contributed by atoms with Crippen molar-refractivity contribution in [2.75, 3.05) is 39.6 Å². The number of ether oxygens (including phenoxy) is 4. The van der Waals surface area contributed by atoms with E-state index in [0.717, 1.165) is 108 Å². The van der Waals surface area contributed by atoms with Crippen LogP contribution < -0.4 is 0 Å². The van der Waals surface area contributed by atoms with Crippen LogP contribution in [0.5, 0.6) is 0 Å². The molecule has 0 aliphatic carbocycles. The maximum absolute atomic E-state index is 13.0. The first-order chi connectivity index (χ1) is 42.9. The zero-order valence-electron chi connectivity index (χ0n) is 57.7. The summed E-state index contributed by atoms with van der Waals surface area (Å²) in [6.07, 6.45) is 47.1. The molecule has 0 aromatic carbocycles. The summed E-state index contributed by atoms with van der Waals surface area (Å²) in [7, 11) is -9.90. The van der Waals surface area contributed by atoms with Crippen molar-refractivity contribution in [2.45, 2.75) is 374 Å². The zero-order chi connectivity index (χ0) is 65.7. The number of carbonyl (C=O) groups is 4. The Kier molecular flexibility index (Phi) is 60.8. The average Bonchev–Trinajstić information content (AvgIpc) is 3.63. The summed E-state index contributed by atoms with van der Waals surface area (Å²) in [5.41, 5.74) is 0. The smallest absolute Gasteiger partial charge is 0.462 e. The quantitative estimate of drug-likeness (QED) is 0.0222. The van der Waals surface area contributed by atoms with E-state index in [1.807, 2.05) is 0 Å². The zero-order valence-corrected chi connectivity index (χ0v) is 59.5. The summed E-state index contributed by atoms with van der Waals surface area (Å²) >= 11 is 0. The van der Waals surface area contributed by atoms with E-state index in [9.17, 15) is 43.2 Å². The number of aliphatic hydroxyl groups excluding tert-OH is 1. The first kappa shape index (κ1) is 87.1. The van der Waals surface area contributed by atoms with Gasteiger partial charge in [0.05, 0.1) is 26.4 Å². The van der Waals surface area contributed by atoms with Crippen LogP contribution in [0.2, 0.25) is 0 Å². The van der Waals surface area contributed by atoms with Crippen LogP contribution in [0.1, 0.15) is 356 Å². The van der Waals surface area contributed by atoms with Gasteiger partial charge in [-0.3, -0.25) is 37.3 Å². The Labute approximate surface area is 543 Å². The van der Waals surface area contributed by atoms with Crippen LogP contribution in [0.15, 0.2) is 0 Å². The second-order valence-corrected chi connectivity index (χ2v) is 28.9. The molecule has 0 amide bonds. The molecule has 0 bridgehead atoms. The Morgan fingerprint density at radius 1 is 0.326 bits per heavy atom. The van der Waals surface area contributed by atoms with Gasteiger partial charge in [-0.25, -0.2) is 9.13 Å². The van der Waals surface area contributed by atoms with Crippen molar-refractivity contribution >= 4 is 39.5 Å². The maximum Gasteiger partial charge on any atom is 0.472 e. The van der Waals surface area contributed by atoms with Gasteiger partial charge >= 0.3 is 39.5 Å². The van der Waals surface area contributed by atoms with Crippen LogP contribution in [-0.4, -0.2) is 96.7 Å². The van der Waals surface area contributed by atoms with Crippen molar-refractivity contribution in [3.63, 3.8) is 0 Å². The van der Waals surface area contributed by atoms with Crippen LogP contribution in [0, 0.1) is 11.8 Å². The number of rotatable bonds is 69. The van der Waals surface area contributed by atoms with E-state index in [-0.39, 0.29) is 25.7 Å². The number of hydrogen-bond donors (Lipinski definition) is 3. The highest BCUT2D eigenvalue weighted by Gasteiger charge is 2.30. The number of phosphoric acid groups is 2. The molecule has 0 aromatic heterocycles. The Hall–Kier alpha value is -1.94. The van der Waals surface area contributed by atoms with E-state index in [4.69, 9.17) is 37.0 Å². The first-order valence-corrected chi connectivity index (χ1v) is 39.5. The van der Waals surface area contributed by atoms with Gasteiger partial charge < -0.3 is 33.8 Å². The third kappa shape index (κ3) is 63.2. The minimum absolute atomic E-state index is 0.105. The predicted octanol–water partition coefficient (Wildman–Crippen LogP) is 20.0. The molecule has 0 radical (unpaired) electrons. The monoisotopic (exact) mass is 1310 g/mol. The standard InChI is InChI=1S/C70H136O17P2/c1-7-10-12-14-16-18-19-20-21-22-25-29-36-42-48-54-69(74)86-66(59-81-68(73)53-47-41-35-28-26-23-24-27-32-38-44-50-62(4)5)61-85-89(78,79)83-57-64(71)56-82-88(76,77)84-60-65(58-80-67(72)52-46-40-34-17-15-13-11-8-2)87-70(75)55-49-43-37-31-30-33-39-45-51-63(6)9-3/h62-66,71H,7-61H2,1-6H3,(H,76,77)(H,78,79)/t63?,64-,65+,66+/m0/s1.